The van der Waals surface area contributed by atoms with E-state index in [1.165, 1.54) is 6.92 Å². The Balaban J connectivity index is 2.91. The van der Waals surface area contributed by atoms with Crippen LogP contribution in [0.2, 0.25) is 0 Å². The van der Waals surface area contributed by atoms with E-state index < -0.39 is 0 Å². The lowest BCUT2D eigenvalue weighted by Gasteiger charge is -2.12. The summed E-state index contributed by atoms with van der Waals surface area (Å²) in [7, 11) is 0. The molecule has 0 saturated heterocycles. The molecule has 1 aromatic rings. The zero-order valence-electron chi connectivity index (χ0n) is 10.5. The van der Waals surface area contributed by atoms with E-state index in [1.807, 2.05) is 13.0 Å². The van der Waals surface area contributed by atoms with E-state index in [0.29, 0.717) is 17.9 Å². The number of carbonyl (C=O) groups excluding carboxylic acids is 2. The molecule has 0 aliphatic carbocycles. The lowest BCUT2D eigenvalue weighted by Crippen LogP contribution is -2.15. The highest BCUT2D eigenvalue weighted by atomic mass is 16.5. The molecule has 1 atom stereocenters. The number of carbonyl (C=O) groups is 2. The average molecular weight is 234 g/mol. The minimum atomic E-state index is -0.297. The van der Waals surface area contributed by atoms with Gasteiger partial charge in [0, 0.05) is 12.3 Å². The molecule has 0 aliphatic heterocycles. The number of benzene rings is 1. The van der Waals surface area contributed by atoms with Crippen molar-refractivity contribution in [1.29, 1.82) is 0 Å². The number of ketones is 2. The van der Waals surface area contributed by atoms with Gasteiger partial charge in [-0.05, 0) is 26.0 Å². The molecular weight excluding hydrogens is 216 g/mol. The molecule has 0 N–H and O–H groups in total. The molecule has 0 fully saturated rings. The van der Waals surface area contributed by atoms with Crippen molar-refractivity contribution < 1.29 is 14.3 Å². The van der Waals surface area contributed by atoms with Gasteiger partial charge in [-0.3, -0.25) is 4.79 Å². The fourth-order valence-electron chi connectivity index (χ4n) is 1.74. The summed E-state index contributed by atoms with van der Waals surface area (Å²) in [6.45, 7) is 5.66. The zero-order valence-corrected chi connectivity index (χ0v) is 10.5. The van der Waals surface area contributed by atoms with Crippen LogP contribution < -0.4 is 4.74 Å². The average Bonchev–Trinajstić information content (AvgIpc) is 2.28. The predicted molar refractivity (Wildman–Crippen MR) is 66.4 cm³/mol. The van der Waals surface area contributed by atoms with Crippen molar-refractivity contribution in [3.05, 3.63) is 29.8 Å². The highest BCUT2D eigenvalue weighted by Crippen LogP contribution is 2.22. The van der Waals surface area contributed by atoms with Gasteiger partial charge in [-0.15, -0.1) is 0 Å². The lowest BCUT2D eigenvalue weighted by atomic mass is 9.94. The van der Waals surface area contributed by atoms with Gasteiger partial charge < -0.3 is 9.53 Å². The molecule has 1 unspecified atom stereocenters. The van der Waals surface area contributed by atoms with Crippen molar-refractivity contribution in [2.45, 2.75) is 27.2 Å². The SMILES string of the molecule is CCOc1ccccc1C(=O)C(C)CC(C)=O. The van der Waals surface area contributed by atoms with Gasteiger partial charge in [-0.25, -0.2) is 0 Å². The first kappa shape index (κ1) is 13.4. The normalized spacial score (nSPS) is 11.9. The fourth-order valence-corrected chi connectivity index (χ4v) is 1.74. The third-order valence-electron chi connectivity index (χ3n) is 2.49. The van der Waals surface area contributed by atoms with Gasteiger partial charge in [0.2, 0.25) is 0 Å². The topological polar surface area (TPSA) is 43.4 Å². The molecule has 0 spiro atoms. The van der Waals surface area contributed by atoms with Crippen LogP contribution in [-0.2, 0) is 4.79 Å². The van der Waals surface area contributed by atoms with Crippen LogP contribution in [0.15, 0.2) is 24.3 Å². The summed E-state index contributed by atoms with van der Waals surface area (Å²) in [4.78, 5) is 23.2. The van der Waals surface area contributed by atoms with Gasteiger partial charge in [0.15, 0.2) is 5.78 Å². The van der Waals surface area contributed by atoms with Gasteiger partial charge in [-0.2, -0.15) is 0 Å². The number of rotatable bonds is 6. The van der Waals surface area contributed by atoms with Crippen LogP contribution in [0.1, 0.15) is 37.6 Å². The molecule has 0 saturated carbocycles. The summed E-state index contributed by atoms with van der Waals surface area (Å²) in [5.41, 5.74) is 0.558. The van der Waals surface area contributed by atoms with E-state index >= 15 is 0 Å². The largest absolute Gasteiger partial charge is 0.493 e. The molecule has 92 valence electrons. The van der Waals surface area contributed by atoms with E-state index in [4.69, 9.17) is 4.74 Å². The third-order valence-corrected chi connectivity index (χ3v) is 2.49. The van der Waals surface area contributed by atoms with E-state index in [2.05, 4.69) is 0 Å². The maximum absolute atomic E-state index is 12.1. The Kier molecular flexibility index (Phi) is 4.88. The Morgan fingerprint density at radius 2 is 1.94 bits per heavy atom. The van der Waals surface area contributed by atoms with Gasteiger partial charge >= 0.3 is 0 Å². The van der Waals surface area contributed by atoms with Crippen molar-refractivity contribution >= 4 is 11.6 Å². The van der Waals surface area contributed by atoms with Crippen LogP contribution in [0, 0.1) is 5.92 Å². The smallest absolute Gasteiger partial charge is 0.169 e. The molecule has 0 radical (unpaired) electrons. The first-order chi connectivity index (χ1) is 8.06. The summed E-state index contributed by atoms with van der Waals surface area (Å²) in [6, 6.07) is 7.15. The summed E-state index contributed by atoms with van der Waals surface area (Å²) < 4.78 is 5.41. The van der Waals surface area contributed by atoms with E-state index in [1.54, 1.807) is 25.1 Å². The number of hydrogen-bond acceptors (Lipinski definition) is 3. The van der Waals surface area contributed by atoms with E-state index in [9.17, 15) is 9.59 Å². The van der Waals surface area contributed by atoms with E-state index in [-0.39, 0.29) is 23.9 Å². The molecule has 1 rings (SSSR count). The van der Waals surface area contributed by atoms with E-state index in [0.717, 1.165) is 0 Å². The van der Waals surface area contributed by atoms with Crippen molar-refractivity contribution in [3.8, 4) is 5.75 Å². The first-order valence-corrected chi connectivity index (χ1v) is 5.81. The zero-order chi connectivity index (χ0) is 12.8. The molecule has 0 bridgehead atoms. The minimum Gasteiger partial charge on any atom is -0.493 e. The van der Waals surface area contributed by atoms with Crippen LogP contribution in [0.5, 0.6) is 5.75 Å². The standard InChI is InChI=1S/C14H18O3/c1-4-17-13-8-6-5-7-12(13)14(16)10(2)9-11(3)15/h5-8,10H,4,9H2,1-3H3. The second kappa shape index (κ2) is 6.18. The molecule has 0 aliphatic rings. The summed E-state index contributed by atoms with van der Waals surface area (Å²) in [5, 5.41) is 0. The molecule has 3 nitrogen and oxygen atoms in total. The number of hydrogen-bond donors (Lipinski definition) is 0. The second-order valence-corrected chi connectivity index (χ2v) is 4.10. The molecule has 3 heteroatoms. The van der Waals surface area contributed by atoms with Crippen LogP contribution in [0.25, 0.3) is 0 Å². The Bertz CT molecular complexity index is 410. The highest BCUT2D eigenvalue weighted by molar-refractivity contribution is 6.01. The van der Waals surface area contributed by atoms with Crippen molar-refractivity contribution in [1.82, 2.24) is 0 Å². The highest BCUT2D eigenvalue weighted by Gasteiger charge is 2.19. The second-order valence-electron chi connectivity index (χ2n) is 4.10. The van der Waals surface area contributed by atoms with Crippen molar-refractivity contribution in [2.75, 3.05) is 6.61 Å². The Morgan fingerprint density at radius 3 is 2.53 bits per heavy atom. The number of para-hydroxylation sites is 1. The molecule has 0 amide bonds. The lowest BCUT2D eigenvalue weighted by molar-refractivity contribution is -0.117. The summed E-state index contributed by atoms with van der Waals surface area (Å²) >= 11 is 0. The number of Topliss-reactive ketones (excluding diaryl/α,β-unsaturated/α-hetero) is 2. The summed E-state index contributed by atoms with van der Waals surface area (Å²) in [5.74, 6) is 0.286. The molecule has 17 heavy (non-hydrogen) atoms. The number of ether oxygens (including phenoxy) is 1. The fraction of sp³-hybridized carbons (Fsp3) is 0.429. The van der Waals surface area contributed by atoms with Gasteiger partial charge in [0.25, 0.3) is 0 Å². The van der Waals surface area contributed by atoms with Crippen LogP contribution >= 0.6 is 0 Å². The quantitative estimate of drug-likeness (QED) is 0.711. The predicted octanol–water partition coefficient (Wildman–Crippen LogP) is 2.88. The summed E-state index contributed by atoms with van der Waals surface area (Å²) in [6.07, 6.45) is 0.277. The van der Waals surface area contributed by atoms with Gasteiger partial charge in [0.1, 0.15) is 11.5 Å². The Hall–Kier alpha value is -1.64. The maximum Gasteiger partial charge on any atom is 0.169 e. The van der Waals surface area contributed by atoms with Gasteiger partial charge in [-0.1, -0.05) is 19.1 Å². The van der Waals surface area contributed by atoms with Crippen LogP contribution in [0.3, 0.4) is 0 Å². The first-order valence-electron chi connectivity index (χ1n) is 5.81. The monoisotopic (exact) mass is 234 g/mol. The molecular formula is C14H18O3. The van der Waals surface area contributed by atoms with Crippen LogP contribution in [0.4, 0.5) is 0 Å². The minimum absolute atomic E-state index is 0.0275. The molecule has 0 aromatic heterocycles. The molecule has 0 heterocycles. The van der Waals surface area contributed by atoms with Crippen molar-refractivity contribution in [3.63, 3.8) is 0 Å². The van der Waals surface area contributed by atoms with Gasteiger partial charge in [0.05, 0.1) is 12.2 Å². The Labute approximate surface area is 102 Å². The Morgan fingerprint density at radius 1 is 1.29 bits per heavy atom. The third kappa shape index (κ3) is 3.70. The molecule has 1 aromatic carbocycles. The maximum atomic E-state index is 12.1. The van der Waals surface area contributed by atoms with Crippen LogP contribution in [-0.4, -0.2) is 18.2 Å². The van der Waals surface area contributed by atoms with Crippen molar-refractivity contribution in [2.24, 2.45) is 5.92 Å².